The van der Waals surface area contributed by atoms with Gasteiger partial charge in [0.2, 0.25) is 0 Å². The molecule has 1 N–H and O–H groups in total. The molecule has 1 aromatic heterocycles. The van der Waals surface area contributed by atoms with Crippen LogP contribution >= 0.6 is 0 Å². The van der Waals surface area contributed by atoms with Gasteiger partial charge in [0.15, 0.2) is 6.10 Å². The lowest BCUT2D eigenvalue weighted by Crippen LogP contribution is -2.32. The summed E-state index contributed by atoms with van der Waals surface area (Å²) in [6.07, 6.45) is -1.03. The standard InChI is InChI=1S/C19H24N4O5/c1-10-7-11(2)17(12(3)8-10)20-19(25)15(6)28-16(24)9-22-14(5)18(23(26)27)13(4)21-22/h7-8,15H,9H2,1-6H3,(H,20,25)/t15-/m1/s1. The molecule has 0 aliphatic rings. The molecule has 2 aromatic rings. The van der Waals surface area contributed by atoms with Crippen molar-refractivity contribution in [1.29, 1.82) is 0 Å². The Morgan fingerprint density at radius 1 is 1.21 bits per heavy atom. The molecule has 0 unspecified atom stereocenters. The summed E-state index contributed by atoms with van der Waals surface area (Å²) in [7, 11) is 0. The molecule has 0 saturated carbocycles. The van der Waals surface area contributed by atoms with Gasteiger partial charge in [0.1, 0.15) is 17.9 Å². The maximum Gasteiger partial charge on any atom is 0.328 e. The zero-order valence-electron chi connectivity index (χ0n) is 16.8. The van der Waals surface area contributed by atoms with E-state index >= 15 is 0 Å². The smallest absolute Gasteiger partial charge is 0.328 e. The number of ether oxygens (including phenoxy) is 1. The second-order valence-electron chi connectivity index (χ2n) is 6.83. The number of aryl methyl sites for hydroxylation is 4. The zero-order chi connectivity index (χ0) is 21.2. The number of carbonyl (C=O) groups is 2. The maximum atomic E-state index is 12.4. The van der Waals surface area contributed by atoms with Gasteiger partial charge in [0.25, 0.3) is 5.91 Å². The van der Waals surface area contributed by atoms with Crippen molar-refractivity contribution in [3.8, 4) is 0 Å². The number of nitro groups is 1. The molecule has 0 bridgehead atoms. The highest BCUT2D eigenvalue weighted by Gasteiger charge is 2.25. The van der Waals surface area contributed by atoms with Crippen LogP contribution in [0, 0.1) is 44.7 Å². The lowest BCUT2D eigenvalue weighted by Gasteiger charge is -2.17. The molecular formula is C19H24N4O5. The Morgan fingerprint density at radius 2 is 1.79 bits per heavy atom. The molecule has 9 nitrogen and oxygen atoms in total. The first-order valence-electron chi connectivity index (χ1n) is 8.77. The van der Waals surface area contributed by atoms with Crippen LogP contribution in [-0.2, 0) is 20.9 Å². The topological polar surface area (TPSA) is 116 Å². The number of nitrogens with one attached hydrogen (secondary N) is 1. The monoisotopic (exact) mass is 388 g/mol. The molecule has 150 valence electrons. The van der Waals surface area contributed by atoms with Gasteiger partial charge in [-0.25, -0.2) is 0 Å². The molecule has 1 aromatic carbocycles. The minimum absolute atomic E-state index is 0.135. The van der Waals surface area contributed by atoms with Gasteiger partial charge in [-0.1, -0.05) is 17.7 Å². The Bertz CT molecular complexity index is 925. The summed E-state index contributed by atoms with van der Waals surface area (Å²) in [4.78, 5) is 35.1. The second kappa shape index (κ2) is 8.20. The Balaban J connectivity index is 2.04. The number of benzene rings is 1. The van der Waals surface area contributed by atoms with Gasteiger partial charge in [-0.05, 0) is 52.7 Å². The highest BCUT2D eigenvalue weighted by molar-refractivity contribution is 5.96. The van der Waals surface area contributed by atoms with Crippen LogP contribution in [0.15, 0.2) is 12.1 Å². The number of amides is 1. The van der Waals surface area contributed by atoms with Crippen LogP contribution in [0.1, 0.15) is 35.0 Å². The van der Waals surface area contributed by atoms with E-state index in [1.165, 1.54) is 25.5 Å². The van der Waals surface area contributed by atoms with Gasteiger partial charge in [-0.15, -0.1) is 0 Å². The van der Waals surface area contributed by atoms with E-state index in [1.807, 2.05) is 32.9 Å². The summed E-state index contributed by atoms with van der Waals surface area (Å²) in [6, 6.07) is 3.91. The fourth-order valence-electron chi connectivity index (χ4n) is 3.12. The van der Waals surface area contributed by atoms with Crippen molar-refractivity contribution in [2.24, 2.45) is 0 Å². The van der Waals surface area contributed by atoms with E-state index in [0.717, 1.165) is 16.7 Å². The molecular weight excluding hydrogens is 364 g/mol. The van der Waals surface area contributed by atoms with E-state index in [-0.39, 0.29) is 23.6 Å². The Hall–Kier alpha value is -3.23. The predicted molar refractivity (Wildman–Crippen MR) is 103 cm³/mol. The van der Waals surface area contributed by atoms with Crippen molar-refractivity contribution >= 4 is 23.3 Å². The number of carbonyl (C=O) groups excluding carboxylic acids is 2. The molecule has 0 aliphatic heterocycles. The summed E-state index contributed by atoms with van der Waals surface area (Å²) < 4.78 is 6.38. The van der Waals surface area contributed by atoms with E-state index in [2.05, 4.69) is 10.4 Å². The van der Waals surface area contributed by atoms with Gasteiger partial charge in [0.05, 0.1) is 4.92 Å². The zero-order valence-corrected chi connectivity index (χ0v) is 16.8. The Kier molecular flexibility index (Phi) is 6.17. The summed E-state index contributed by atoms with van der Waals surface area (Å²) in [5.41, 5.74) is 3.94. The average Bonchev–Trinajstić information content (AvgIpc) is 2.84. The summed E-state index contributed by atoms with van der Waals surface area (Å²) >= 11 is 0. The van der Waals surface area contributed by atoms with Crippen LogP contribution in [0.5, 0.6) is 0 Å². The number of anilines is 1. The Labute approximate surface area is 162 Å². The minimum Gasteiger partial charge on any atom is -0.451 e. The third kappa shape index (κ3) is 4.54. The van der Waals surface area contributed by atoms with E-state index in [0.29, 0.717) is 5.69 Å². The molecule has 0 radical (unpaired) electrons. The van der Waals surface area contributed by atoms with Crippen LogP contribution in [-0.4, -0.2) is 32.7 Å². The highest BCUT2D eigenvalue weighted by Crippen LogP contribution is 2.23. The van der Waals surface area contributed by atoms with Gasteiger partial charge in [-0.2, -0.15) is 5.10 Å². The molecule has 1 heterocycles. The van der Waals surface area contributed by atoms with Gasteiger partial charge in [0, 0.05) is 5.69 Å². The van der Waals surface area contributed by atoms with Crippen molar-refractivity contribution in [3.05, 3.63) is 50.3 Å². The normalized spacial score (nSPS) is 11.8. The van der Waals surface area contributed by atoms with Crippen molar-refractivity contribution in [1.82, 2.24) is 9.78 Å². The van der Waals surface area contributed by atoms with E-state index in [4.69, 9.17) is 4.74 Å². The second-order valence-corrected chi connectivity index (χ2v) is 6.83. The first kappa shape index (κ1) is 21.1. The van der Waals surface area contributed by atoms with Gasteiger partial charge >= 0.3 is 11.7 Å². The quantitative estimate of drug-likeness (QED) is 0.462. The van der Waals surface area contributed by atoms with Crippen molar-refractivity contribution in [3.63, 3.8) is 0 Å². The lowest BCUT2D eigenvalue weighted by atomic mass is 10.0. The number of esters is 1. The number of aromatic nitrogens is 2. The molecule has 0 aliphatic carbocycles. The molecule has 0 spiro atoms. The number of nitrogens with zero attached hydrogens (tertiary/aromatic N) is 3. The fraction of sp³-hybridized carbons (Fsp3) is 0.421. The van der Waals surface area contributed by atoms with Crippen molar-refractivity contribution in [2.45, 2.75) is 54.2 Å². The van der Waals surface area contributed by atoms with Gasteiger partial charge in [-0.3, -0.25) is 24.4 Å². The fourth-order valence-corrected chi connectivity index (χ4v) is 3.12. The molecule has 0 saturated heterocycles. The van der Waals surface area contributed by atoms with Crippen molar-refractivity contribution < 1.29 is 19.2 Å². The third-order valence-corrected chi connectivity index (χ3v) is 4.41. The maximum absolute atomic E-state index is 12.4. The van der Waals surface area contributed by atoms with Crippen LogP contribution < -0.4 is 5.32 Å². The highest BCUT2D eigenvalue weighted by atomic mass is 16.6. The summed E-state index contributed by atoms with van der Waals surface area (Å²) in [6.45, 7) is 9.90. The molecule has 0 fully saturated rings. The summed E-state index contributed by atoms with van der Waals surface area (Å²) in [5, 5.41) is 17.8. The molecule has 1 atom stereocenters. The van der Waals surface area contributed by atoms with Crippen molar-refractivity contribution in [2.75, 3.05) is 5.32 Å². The molecule has 1 amide bonds. The summed E-state index contributed by atoms with van der Waals surface area (Å²) in [5.74, 6) is -1.16. The van der Waals surface area contributed by atoms with Crippen LogP contribution in [0.4, 0.5) is 11.4 Å². The van der Waals surface area contributed by atoms with E-state index in [9.17, 15) is 19.7 Å². The van der Waals surface area contributed by atoms with E-state index in [1.54, 1.807) is 0 Å². The minimum atomic E-state index is -1.03. The SMILES string of the molecule is Cc1cc(C)c(NC(=O)[C@@H](C)OC(=O)Cn2nc(C)c([N+](=O)[O-])c2C)c(C)c1. The molecule has 9 heteroatoms. The lowest BCUT2D eigenvalue weighted by molar-refractivity contribution is -0.386. The first-order chi connectivity index (χ1) is 13.0. The third-order valence-electron chi connectivity index (χ3n) is 4.41. The Morgan fingerprint density at radius 3 is 2.29 bits per heavy atom. The first-order valence-corrected chi connectivity index (χ1v) is 8.77. The van der Waals surface area contributed by atoms with Crippen LogP contribution in [0.2, 0.25) is 0 Å². The molecule has 2 rings (SSSR count). The van der Waals surface area contributed by atoms with E-state index < -0.39 is 22.9 Å². The molecule has 28 heavy (non-hydrogen) atoms. The van der Waals surface area contributed by atoms with Crippen LogP contribution in [0.25, 0.3) is 0 Å². The number of hydrogen-bond acceptors (Lipinski definition) is 6. The van der Waals surface area contributed by atoms with Gasteiger partial charge < -0.3 is 10.1 Å². The number of hydrogen-bond donors (Lipinski definition) is 1. The average molecular weight is 388 g/mol. The van der Waals surface area contributed by atoms with Crippen LogP contribution in [0.3, 0.4) is 0 Å². The predicted octanol–water partition coefficient (Wildman–Crippen LogP) is 2.90. The largest absolute Gasteiger partial charge is 0.451 e. The number of rotatable bonds is 6.